The quantitative estimate of drug-likeness (QED) is 0.755. The van der Waals surface area contributed by atoms with Crippen LogP contribution in [-0.4, -0.2) is 23.0 Å². The molecule has 0 aliphatic carbocycles. The Hall–Kier alpha value is -2.62. The zero-order chi connectivity index (χ0) is 20.0. The monoisotopic (exact) mass is 367 g/mol. The highest BCUT2D eigenvalue weighted by Gasteiger charge is 2.26. The number of hydrogen-bond acceptors (Lipinski definition) is 2. The number of benzene rings is 2. The fraction of sp³-hybridized carbons (Fsp3) is 0.391. The maximum atomic E-state index is 12.4. The summed E-state index contributed by atoms with van der Waals surface area (Å²) >= 11 is 0. The molecular formula is C23H29NO3. The molecule has 1 amide bonds. The van der Waals surface area contributed by atoms with Gasteiger partial charge in [-0.15, -0.1) is 0 Å². The Labute approximate surface area is 161 Å². The van der Waals surface area contributed by atoms with Crippen molar-refractivity contribution in [1.29, 1.82) is 0 Å². The normalized spacial score (nSPS) is 13.6. The predicted molar refractivity (Wildman–Crippen MR) is 108 cm³/mol. The number of carboxylic acid groups (broad SMARTS) is 1. The van der Waals surface area contributed by atoms with Gasteiger partial charge in [-0.1, -0.05) is 82.3 Å². The van der Waals surface area contributed by atoms with Crippen molar-refractivity contribution in [3.05, 3.63) is 60.2 Å². The second-order valence-corrected chi connectivity index (χ2v) is 8.16. The topological polar surface area (TPSA) is 66.4 Å². The van der Waals surface area contributed by atoms with E-state index in [0.29, 0.717) is 12.8 Å². The van der Waals surface area contributed by atoms with Gasteiger partial charge < -0.3 is 10.4 Å². The van der Waals surface area contributed by atoms with Crippen LogP contribution in [0, 0.1) is 11.3 Å². The van der Waals surface area contributed by atoms with Crippen LogP contribution in [0.4, 0.5) is 0 Å². The van der Waals surface area contributed by atoms with Crippen molar-refractivity contribution in [2.24, 2.45) is 11.3 Å². The maximum absolute atomic E-state index is 12.4. The van der Waals surface area contributed by atoms with Crippen molar-refractivity contribution in [1.82, 2.24) is 5.32 Å². The van der Waals surface area contributed by atoms with Crippen molar-refractivity contribution in [2.75, 3.05) is 0 Å². The molecule has 144 valence electrons. The van der Waals surface area contributed by atoms with Crippen molar-refractivity contribution >= 4 is 11.9 Å². The lowest BCUT2D eigenvalue weighted by atomic mass is 9.91. The van der Waals surface area contributed by atoms with Crippen molar-refractivity contribution in [2.45, 2.75) is 46.6 Å². The number of amides is 1. The number of carboxylic acids is 1. The third-order valence-electron chi connectivity index (χ3n) is 4.62. The molecule has 27 heavy (non-hydrogen) atoms. The minimum atomic E-state index is -0.843. The van der Waals surface area contributed by atoms with Crippen LogP contribution in [-0.2, 0) is 16.0 Å². The summed E-state index contributed by atoms with van der Waals surface area (Å²) in [4.78, 5) is 23.7. The van der Waals surface area contributed by atoms with E-state index in [0.717, 1.165) is 16.7 Å². The summed E-state index contributed by atoms with van der Waals surface area (Å²) in [6.45, 7) is 7.25. The van der Waals surface area contributed by atoms with E-state index in [9.17, 15) is 14.7 Å². The van der Waals surface area contributed by atoms with E-state index in [2.05, 4.69) is 29.6 Å². The van der Waals surface area contributed by atoms with Crippen LogP contribution < -0.4 is 5.32 Å². The van der Waals surface area contributed by atoms with Gasteiger partial charge in [0, 0.05) is 11.5 Å². The molecule has 0 aliphatic heterocycles. The van der Waals surface area contributed by atoms with Crippen LogP contribution in [0.1, 0.15) is 39.7 Å². The molecule has 0 unspecified atom stereocenters. The van der Waals surface area contributed by atoms with Crippen LogP contribution in [0.5, 0.6) is 0 Å². The average Bonchev–Trinajstić information content (AvgIpc) is 2.62. The predicted octanol–water partition coefficient (Wildman–Crippen LogP) is 4.54. The molecule has 0 fully saturated rings. The van der Waals surface area contributed by atoms with E-state index in [1.54, 1.807) is 6.92 Å². The van der Waals surface area contributed by atoms with E-state index in [1.165, 1.54) is 0 Å². The van der Waals surface area contributed by atoms with Crippen LogP contribution in [0.15, 0.2) is 54.6 Å². The zero-order valence-corrected chi connectivity index (χ0v) is 16.5. The van der Waals surface area contributed by atoms with Crippen LogP contribution in [0.3, 0.4) is 0 Å². The molecule has 4 nitrogen and oxygen atoms in total. The van der Waals surface area contributed by atoms with Gasteiger partial charge in [0.25, 0.3) is 0 Å². The molecule has 0 heterocycles. The first-order valence-electron chi connectivity index (χ1n) is 9.35. The van der Waals surface area contributed by atoms with Crippen LogP contribution in [0.25, 0.3) is 11.1 Å². The van der Waals surface area contributed by atoms with Gasteiger partial charge in [0.15, 0.2) is 0 Å². The summed E-state index contributed by atoms with van der Waals surface area (Å²) < 4.78 is 0. The van der Waals surface area contributed by atoms with Gasteiger partial charge in [-0.3, -0.25) is 9.59 Å². The summed E-state index contributed by atoms with van der Waals surface area (Å²) in [5, 5.41) is 12.3. The molecule has 0 spiro atoms. The average molecular weight is 367 g/mol. The lowest BCUT2D eigenvalue weighted by molar-refractivity contribution is -0.142. The highest BCUT2D eigenvalue weighted by molar-refractivity contribution is 5.81. The van der Waals surface area contributed by atoms with Crippen molar-refractivity contribution < 1.29 is 14.7 Å². The highest BCUT2D eigenvalue weighted by Crippen LogP contribution is 2.21. The minimum absolute atomic E-state index is 0.0639. The fourth-order valence-electron chi connectivity index (χ4n) is 2.87. The van der Waals surface area contributed by atoms with E-state index in [-0.39, 0.29) is 11.9 Å². The molecule has 2 rings (SSSR count). The zero-order valence-electron chi connectivity index (χ0n) is 16.5. The van der Waals surface area contributed by atoms with Gasteiger partial charge in [0.05, 0.1) is 5.92 Å². The van der Waals surface area contributed by atoms with Crippen molar-refractivity contribution in [3.8, 4) is 11.1 Å². The molecule has 2 atom stereocenters. The Balaban J connectivity index is 2.13. The summed E-state index contributed by atoms with van der Waals surface area (Å²) in [5.74, 6) is -1.42. The first-order valence-corrected chi connectivity index (χ1v) is 9.35. The number of nitrogens with one attached hydrogen (secondary N) is 1. The van der Waals surface area contributed by atoms with Crippen LogP contribution in [0.2, 0.25) is 0 Å². The van der Waals surface area contributed by atoms with Gasteiger partial charge in [-0.05, 0) is 29.5 Å². The second-order valence-electron chi connectivity index (χ2n) is 8.16. The molecule has 4 heteroatoms. The number of hydrogen-bond donors (Lipinski definition) is 2. The molecular weight excluding hydrogens is 338 g/mol. The summed E-state index contributed by atoms with van der Waals surface area (Å²) in [7, 11) is 0. The molecule has 0 saturated heterocycles. The van der Waals surface area contributed by atoms with E-state index >= 15 is 0 Å². The van der Waals surface area contributed by atoms with Crippen molar-refractivity contribution in [3.63, 3.8) is 0 Å². The lowest BCUT2D eigenvalue weighted by Crippen LogP contribution is -2.44. The summed E-state index contributed by atoms with van der Waals surface area (Å²) in [5.41, 5.74) is 2.85. The van der Waals surface area contributed by atoms with Gasteiger partial charge in [0.1, 0.15) is 0 Å². The number of carbonyl (C=O) groups is 2. The standard InChI is InChI=1S/C23H29NO3/c1-16(21(25)26)14-20(24-22(27)23(2,3)4)15-17-10-12-19(13-11-17)18-8-6-5-7-9-18/h5-13,16,20H,14-15H2,1-4H3,(H,24,27)(H,25,26)/t16-,20+/m1/s1. The molecule has 0 radical (unpaired) electrons. The molecule has 0 aliphatic rings. The highest BCUT2D eigenvalue weighted by atomic mass is 16.4. The van der Waals surface area contributed by atoms with Crippen LogP contribution >= 0.6 is 0 Å². The number of aliphatic carboxylic acids is 1. The third kappa shape index (κ3) is 6.24. The fourth-order valence-corrected chi connectivity index (χ4v) is 2.87. The first kappa shape index (κ1) is 20.7. The second kappa shape index (κ2) is 8.85. The van der Waals surface area contributed by atoms with E-state index in [4.69, 9.17) is 0 Å². The van der Waals surface area contributed by atoms with E-state index < -0.39 is 17.3 Å². The number of carbonyl (C=O) groups excluding carboxylic acids is 1. The first-order chi connectivity index (χ1) is 12.7. The number of rotatable bonds is 7. The van der Waals surface area contributed by atoms with Gasteiger partial charge in [0.2, 0.25) is 5.91 Å². The Morgan fingerprint density at radius 2 is 1.52 bits per heavy atom. The smallest absolute Gasteiger partial charge is 0.306 e. The molecule has 2 aromatic rings. The molecule has 2 aromatic carbocycles. The Morgan fingerprint density at radius 3 is 2.04 bits per heavy atom. The molecule has 0 aromatic heterocycles. The third-order valence-corrected chi connectivity index (χ3v) is 4.62. The summed E-state index contributed by atoms with van der Waals surface area (Å²) in [6.07, 6.45) is 1.01. The molecule has 0 bridgehead atoms. The molecule has 0 saturated carbocycles. The van der Waals surface area contributed by atoms with Gasteiger partial charge in [-0.2, -0.15) is 0 Å². The Morgan fingerprint density at radius 1 is 0.963 bits per heavy atom. The largest absolute Gasteiger partial charge is 0.481 e. The Bertz CT molecular complexity index is 760. The van der Waals surface area contributed by atoms with E-state index in [1.807, 2.05) is 51.1 Å². The Kier molecular flexibility index (Phi) is 6.78. The summed E-state index contributed by atoms with van der Waals surface area (Å²) in [6, 6.07) is 18.1. The van der Waals surface area contributed by atoms with Gasteiger partial charge >= 0.3 is 5.97 Å². The SMILES string of the molecule is C[C@H](C[C@@H](Cc1ccc(-c2ccccc2)cc1)NC(=O)C(C)(C)C)C(=O)O. The lowest BCUT2D eigenvalue weighted by Gasteiger charge is -2.26. The maximum Gasteiger partial charge on any atom is 0.306 e. The molecule has 2 N–H and O–H groups in total. The minimum Gasteiger partial charge on any atom is -0.481 e. The van der Waals surface area contributed by atoms with Gasteiger partial charge in [-0.25, -0.2) is 0 Å².